The van der Waals surface area contributed by atoms with E-state index in [4.69, 9.17) is 4.84 Å². The largest absolute Gasteiger partial charge is 0.296 e. The Bertz CT molecular complexity index is 538. The van der Waals surface area contributed by atoms with Gasteiger partial charge in [-0.05, 0) is 25.3 Å². The van der Waals surface area contributed by atoms with Gasteiger partial charge >= 0.3 is 0 Å². The van der Waals surface area contributed by atoms with E-state index in [1.54, 1.807) is 18.2 Å². The monoisotopic (exact) mass is 276 g/mol. The first kappa shape index (κ1) is 14.4. The van der Waals surface area contributed by atoms with E-state index in [2.05, 4.69) is 5.48 Å². The lowest BCUT2D eigenvalue weighted by atomic mass is 9.92. The highest BCUT2D eigenvalue weighted by Crippen LogP contribution is 2.22. The Kier molecular flexibility index (Phi) is 5.01. The maximum Gasteiger partial charge on any atom is 0.274 e. The molecule has 1 atom stereocenters. The van der Waals surface area contributed by atoms with E-state index in [9.17, 15) is 14.9 Å². The zero-order valence-corrected chi connectivity index (χ0v) is 11.0. The normalized spacial score (nSPS) is 18.6. The number of rotatable bonds is 5. The van der Waals surface area contributed by atoms with Crippen molar-refractivity contribution in [3.8, 4) is 0 Å². The maximum atomic E-state index is 10.9. The summed E-state index contributed by atoms with van der Waals surface area (Å²) in [7, 11) is 0. The minimum atomic E-state index is -0.434. The van der Waals surface area contributed by atoms with E-state index in [0.717, 1.165) is 25.7 Å². The highest BCUT2D eigenvalue weighted by atomic mass is 16.6. The van der Waals surface area contributed by atoms with Crippen LogP contribution in [0.3, 0.4) is 0 Å². The quantitative estimate of drug-likeness (QED) is 0.507. The Hall–Kier alpha value is -2.01. The lowest BCUT2D eigenvalue weighted by Crippen LogP contribution is -2.33. The van der Waals surface area contributed by atoms with Crippen LogP contribution in [0, 0.1) is 10.1 Å². The average Bonchev–Trinajstić information content (AvgIpc) is 2.48. The van der Waals surface area contributed by atoms with Gasteiger partial charge in [0.2, 0.25) is 0 Å². The molecule has 2 rings (SSSR count). The molecule has 0 bridgehead atoms. The van der Waals surface area contributed by atoms with Crippen molar-refractivity contribution in [1.29, 1.82) is 0 Å². The van der Waals surface area contributed by atoms with Gasteiger partial charge in [0.15, 0.2) is 0 Å². The molecule has 1 fully saturated rings. The van der Waals surface area contributed by atoms with Crippen LogP contribution < -0.4 is 5.48 Å². The molecule has 0 spiro atoms. The Balaban J connectivity index is 1.93. The smallest absolute Gasteiger partial charge is 0.274 e. The SMILES string of the molecule is O=C=C1CCCCC1NOCc1ccccc1[N+](=O)[O-]. The fraction of sp³-hybridized carbons (Fsp3) is 0.429. The van der Waals surface area contributed by atoms with E-state index >= 15 is 0 Å². The second kappa shape index (κ2) is 6.96. The molecule has 1 aromatic rings. The van der Waals surface area contributed by atoms with Gasteiger partial charge in [-0.15, -0.1) is 0 Å². The highest BCUT2D eigenvalue weighted by molar-refractivity contribution is 5.54. The second-order valence-corrected chi connectivity index (χ2v) is 4.72. The van der Waals surface area contributed by atoms with Crippen LogP contribution in [0.2, 0.25) is 0 Å². The summed E-state index contributed by atoms with van der Waals surface area (Å²) in [6, 6.07) is 6.30. The molecule has 1 aromatic carbocycles. The first-order chi connectivity index (χ1) is 9.72. The fourth-order valence-corrected chi connectivity index (χ4v) is 2.30. The van der Waals surface area contributed by atoms with Crippen LogP contribution in [0.1, 0.15) is 31.2 Å². The lowest BCUT2D eigenvalue weighted by molar-refractivity contribution is -0.386. The molecule has 0 heterocycles. The van der Waals surface area contributed by atoms with Gasteiger partial charge in [0.05, 0.1) is 23.1 Å². The molecule has 0 aliphatic heterocycles. The van der Waals surface area contributed by atoms with Crippen molar-refractivity contribution in [2.45, 2.75) is 38.3 Å². The van der Waals surface area contributed by atoms with Gasteiger partial charge in [-0.3, -0.25) is 15.0 Å². The predicted octanol–water partition coefficient (Wildman–Crippen LogP) is 2.32. The molecule has 6 heteroatoms. The van der Waals surface area contributed by atoms with Crippen LogP contribution in [0.4, 0.5) is 5.69 Å². The van der Waals surface area contributed by atoms with E-state index in [1.165, 1.54) is 6.07 Å². The molecule has 20 heavy (non-hydrogen) atoms. The first-order valence-corrected chi connectivity index (χ1v) is 6.56. The van der Waals surface area contributed by atoms with Crippen LogP contribution in [-0.4, -0.2) is 16.9 Å². The van der Waals surface area contributed by atoms with E-state index in [1.807, 2.05) is 5.94 Å². The van der Waals surface area contributed by atoms with Crippen molar-refractivity contribution in [1.82, 2.24) is 5.48 Å². The number of nitro benzene ring substituents is 1. The Labute approximate surface area is 116 Å². The third-order valence-corrected chi connectivity index (χ3v) is 3.38. The summed E-state index contributed by atoms with van der Waals surface area (Å²) in [4.78, 5) is 26.6. The number of hydrogen-bond acceptors (Lipinski definition) is 5. The van der Waals surface area contributed by atoms with Crippen molar-refractivity contribution in [2.24, 2.45) is 0 Å². The van der Waals surface area contributed by atoms with Crippen LogP contribution in [-0.2, 0) is 16.2 Å². The number of benzene rings is 1. The molecular weight excluding hydrogens is 260 g/mol. The van der Waals surface area contributed by atoms with Gasteiger partial charge in [0.1, 0.15) is 5.94 Å². The van der Waals surface area contributed by atoms with Crippen molar-refractivity contribution in [2.75, 3.05) is 0 Å². The molecule has 1 aliphatic rings. The third kappa shape index (κ3) is 3.51. The molecular formula is C14H16N2O4. The molecule has 0 amide bonds. The van der Waals surface area contributed by atoms with Gasteiger partial charge in [0, 0.05) is 11.6 Å². The van der Waals surface area contributed by atoms with Gasteiger partial charge in [0.25, 0.3) is 5.69 Å². The Morgan fingerprint density at radius 2 is 2.20 bits per heavy atom. The Morgan fingerprint density at radius 1 is 1.40 bits per heavy atom. The number of nitrogens with one attached hydrogen (secondary N) is 1. The molecule has 106 valence electrons. The predicted molar refractivity (Wildman–Crippen MR) is 72.5 cm³/mol. The third-order valence-electron chi connectivity index (χ3n) is 3.38. The Morgan fingerprint density at radius 3 is 2.95 bits per heavy atom. The molecule has 0 saturated heterocycles. The van der Waals surface area contributed by atoms with Crippen LogP contribution in [0.15, 0.2) is 29.8 Å². The summed E-state index contributed by atoms with van der Waals surface area (Å²) in [5.41, 5.74) is 4.02. The summed E-state index contributed by atoms with van der Waals surface area (Å²) in [6.07, 6.45) is 3.57. The molecule has 1 aliphatic carbocycles. The van der Waals surface area contributed by atoms with Crippen LogP contribution >= 0.6 is 0 Å². The number of nitro groups is 1. The van der Waals surface area contributed by atoms with E-state index in [0.29, 0.717) is 11.1 Å². The van der Waals surface area contributed by atoms with E-state index in [-0.39, 0.29) is 18.3 Å². The second-order valence-electron chi connectivity index (χ2n) is 4.72. The summed E-state index contributed by atoms with van der Waals surface area (Å²) in [5, 5.41) is 10.9. The van der Waals surface area contributed by atoms with Crippen LogP contribution in [0.25, 0.3) is 0 Å². The number of para-hydroxylation sites is 1. The molecule has 1 saturated carbocycles. The number of nitrogens with zero attached hydrogens (tertiary/aromatic N) is 1. The van der Waals surface area contributed by atoms with Gasteiger partial charge in [-0.25, -0.2) is 4.79 Å². The number of hydrogen-bond donors (Lipinski definition) is 1. The maximum absolute atomic E-state index is 10.9. The van der Waals surface area contributed by atoms with E-state index < -0.39 is 4.92 Å². The minimum Gasteiger partial charge on any atom is -0.296 e. The van der Waals surface area contributed by atoms with Crippen molar-refractivity contribution >= 4 is 11.6 Å². The molecule has 0 aromatic heterocycles. The van der Waals surface area contributed by atoms with Gasteiger partial charge in [-0.2, -0.15) is 5.48 Å². The summed E-state index contributed by atoms with van der Waals surface area (Å²) in [6.45, 7) is 0.0831. The standard InChI is InChI=1S/C14H16N2O4/c17-9-11-5-1-3-7-13(11)15-20-10-12-6-2-4-8-14(12)16(18)19/h2,4,6,8,13,15H,1,3,5,7,10H2. The molecule has 1 N–H and O–H groups in total. The molecule has 6 nitrogen and oxygen atoms in total. The topological polar surface area (TPSA) is 81.5 Å². The zero-order chi connectivity index (χ0) is 14.4. The van der Waals surface area contributed by atoms with Crippen molar-refractivity contribution in [3.05, 3.63) is 45.5 Å². The summed E-state index contributed by atoms with van der Waals surface area (Å²) < 4.78 is 0. The highest BCUT2D eigenvalue weighted by Gasteiger charge is 2.20. The molecule has 1 unspecified atom stereocenters. The van der Waals surface area contributed by atoms with Gasteiger partial charge < -0.3 is 0 Å². The van der Waals surface area contributed by atoms with Crippen molar-refractivity contribution in [3.63, 3.8) is 0 Å². The number of carbonyl (C=O) groups excluding carboxylic acids is 1. The lowest BCUT2D eigenvalue weighted by Gasteiger charge is -2.23. The summed E-state index contributed by atoms with van der Waals surface area (Å²) in [5.74, 6) is 1.95. The van der Waals surface area contributed by atoms with Crippen LogP contribution in [0.5, 0.6) is 0 Å². The zero-order valence-electron chi connectivity index (χ0n) is 11.0. The molecule has 0 radical (unpaired) electrons. The van der Waals surface area contributed by atoms with Gasteiger partial charge in [-0.1, -0.05) is 18.6 Å². The number of hydroxylamine groups is 1. The average molecular weight is 276 g/mol. The minimum absolute atomic E-state index is 0.0316. The fourth-order valence-electron chi connectivity index (χ4n) is 2.30. The van der Waals surface area contributed by atoms with Crippen molar-refractivity contribution < 1.29 is 14.6 Å². The summed E-state index contributed by atoms with van der Waals surface area (Å²) >= 11 is 0. The first-order valence-electron chi connectivity index (χ1n) is 6.56.